The molecule has 0 saturated heterocycles. The summed E-state index contributed by atoms with van der Waals surface area (Å²) in [6, 6.07) is 15.8. The lowest BCUT2D eigenvalue weighted by Crippen LogP contribution is -2.13. The Morgan fingerprint density at radius 2 is 1.70 bits per heavy atom. The van der Waals surface area contributed by atoms with Crippen LogP contribution < -0.4 is 5.32 Å². The Kier molecular flexibility index (Phi) is 3.61. The van der Waals surface area contributed by atoms with E-state index in [0.29, 0.717) is 12.3 Å². The van der Waals surface area contributed by atoms with Crippen molar-refractivity contribution in [3.63, 3.8) is 0 Å². The lowest BCUT2D eigenvalue weighted by Gasteiger charge is -2.10. The van der Waals surface area contributed by atoms with Crippen LogP contribution in [0, 0.1) is 0 Å². The van der Waals surface area contributed by atoms with Gasteiger partial charge in [-0.1, -0.05) is 30.3 Å². The van der Waals surface area contributed by atoms with E-state index in [1.54, 1.807) is 18.5 Å². The zero-order valence-corrected chi connectivity index (χ0v) is 11.1. The molecule has 3 nitrogen and oxygen atoms in total. The van der Waals surface area contributed by atoms with Gasteiger partial charge in [-0.05, 0) is 34.5 Å². The molecule has 20 heavy (non-hydrogen) atoms. The van der Waals surface area contributed by atoms with Gasteiger partial charge >= 0.3 is 0 Å². The summed E-state index contributed by atoms with van der Waals surface area (Å²) in [5, 5.41) is 15.7. The van der Waals surface area contributed by atoms with Gasteiger partial charge in [-0.25, -0.2) is 0 Å². The maximum Gasteiger partial charge on any atom is 0.120 e. The molecule has 0 atom stereocenters. The summed E-state index contributed by atoms with van der Waals surface area (Å²) < 4.78 is 0. The number of aromatic nitrogens is 1. The van der Waals surface area contributed by atoms with Crippen molar-refractivity contribution in [3.8, 4) is 5.75 Å². The third-order valence-corrected chi connectivity index (χ3v) is 3.40. The predicted molar refractivity (Wildman–Crippen MR) is 80.4 cm³/mol. The smallest absolute Gasteiger partial charge is 0.120 e. The number of benzene rings is 2. The van der Waals surface area contributed by atoms with Crippen LogP contribution in [0.4, 0.5) is 0 Å². The summed E-state index contributed by atoms with van der Waals surface area (Å²) in [5.41, 5.74) is 2.12. The molecule has 1 aromatic heterocycles. The van der Waals surface area contributed by atoms with Crippen LogP contribution in [0.15, 0.2) is 60.9 Å². The zero-order chi connectivity index (χ0) is 13.8. The van der Waals surface area contributed by atoms with E-state index in [1.165, 1.54) is 5.56 Å². The Bertz CT molecular complexity index is 711. The predicted octanol–water partition coefficient (Wildman–Crippen LogP) is 3.23. The summed E-state index contributed by atoms with van der Waals surface area (Å²) in [6.07, 6.45) is 3.57. The molecule has 0 amide bonds. The Morgan fingerprint density at radius 1 is 0.900 bits per heavy atom. The van der Waals surface area contributed by atoms with Crippen molar-refractivity contribution in [2.75, 3.05) is 0 Å². The van der Waals surface area contributed by atoms with Crippen molar-refractivity contribution in [1.29, 1.82) is 0 Å². The SMILES string of the molecule is Oc1ccc2ccccc2c1CNCc1ccncc1. The van der Waals surface area contributed by atoms with Gasteiger partial charge in [0, 0.05) is 31.0 Å². The number of hydrogen-bond donors (Lipinski definition) is 2. The number of fused-ring (bicyclic) bond motifs is 1. The number of nitrogens with zero attached hydrogens (tertiary/aromatic N) is 1. The van der Waals surface area contributed by atoms with Gasteiger partial charge in [0.15, 0.2) is 0 Å². The first kappa shape index (κ1) is 12.6. The highest BCUT2D eigenvalue weighted by molar-refractivity contribution is 5.87. The Hall–Kier alpha value is -2.39. The normalized spacial score (nSPS) is 10.8. The van der Waals surface area contributed by atoms with Crippen molar-refractivity contribution < 1.29 is 5.11 Å². The van der Waals surface area contributed by atoms with Gasteiger partial charge in [-0.3, -0.25) is 4.98 Å². The van der Waals surface area contributed by atoms with Gasteiger partial charge in [0.1, 0.15) is 5.75 Å². The maximum absolute atomic E-state index is 10.1. The molecular formula is C17H16N2O. The summed E-state index contributed by atoms with van der Waals surface area (Å²) in [6.45, 7) is 1.39. The maximum atomic E-state index is 10.1. The van der Waals surface area contributed by atoms with E-state index in [-0.39, 0.29) is 0 Å². The van der Waals surface area contributed by atoms with Crippen molar-refractivity contribution in [3.05, 3.63) is 72.1 Å². The monoisotopic (exact) mass is 264 g/mol. The number of hydrogen-bond acceptors (Lipinski definition) is 3. The quantitative estimate of drug-likeness (QED) is 0.760. The van der Waals surface area contributed by atoms with Crippen LogP contribution in [0.25, 0.3) is 10.8 Å². The van der Waals surface area contributed by atoms with Crippen LogP contribution in [0.1, 0.15) is 11.1 Å². The summed E-state index contributed by atoms with van der Waals surface area (Å²) in [7, 11) is 0. The van der Waals surface area contributed by atoms with Crippen LogP contribution in [0.3, 0.4) is 0 Å². The molecular weight excluding hydrogens is 248 g/mol. The van der Waals surface area contributed by atoms with Gasteiger partial charge in [0.25, 0.3) is 0 Å². The average Bonchev–Trinajstić information content (AvgIpc) is 2.50. The topological polar surface area (TPSA) is 45.1 Å². The summed E-state index contributed by atoms with van der Waals surface area (Å²) in [4.78, 5) is 4.00. The second-order valence-electron chi connectivity index (χ2n) is 4.74. The van der Waals surface area contributed by atoms with Crippen LogP contribution >= 0.6 is 0 Å². The molecule has 2 N–H and O–H groups in total. The molecule has 2 aromatic carbocycles. The minimum atomic E-state index is 0.339. The zero-order valence-electron chi connectivity index (χ0n) is 11.1. The van der Waals surface area contributed by atoms with Crippen LogP contribution in [0.2, 0.25) is 0 Å². The molecule has 3 rings (SSSR count). The first-order valence-corrected chi connectivity index (χ1v) is 6.64. The first-order valence-electron chi connectivity index (χ1n) is 6.64. The second-order valence-corrected chi connectivity index (χ2v) is 4.74. The third-order valence-electron chi connectivity index (χ3n) is 3.40. The van der Waals surface area contributed by atoms with E-state index in [0.717, 1.165) is 22.9 Å². The average molecular weight is 264 g/mol. The van der Waals surface area contributed by atoms with Crippen molar-refractivity contribution in [2.45, 2.75) is 13.1 Å². The fourth-order valence-electron chi connectivity index (χ4n) is 2.34. The lowest BCUT2D eigenvalue weighted by atomic mass is 10.0. The van der Waals surface area contributed by atoms with E-state index in [2.05, 4.69) is 16.4 Å². The molecule has 0 bridgehead atoms. The molecule has 0 aliphatic heterocycles. The van der Waals surface area contributed by atoms with E-state index in [4.69, 9.17) is 0 Å². The molecule has 0 spiro atoms. The summed E-state index contributed by atoms with van der Waals surface area (Å²) in [5.74, 6) is 0.339. The Labute approximate surface area is 117 Å². The van der Waals surface area contributed by atoms with Crippen LogP contribution in [-0.4, -0.2) is 10.1 Å². The molecule has 3 heteroatoms. The number of nitrogens with one attached hydrogen (secondary N) is 1. The van der Waals surface area contributed by atoms with Crippen LogP contribution in [-0.2, 0) is 13.1 Å². The number of rotatable bonds is 4. The summed E-state index contributed by atoms with van der Waals surface area (Å²) >= 11 is 0. The van der Waals surface area contributed by atoms with Gasteiger partial charge in [0.2, 0.25) is 0 Å². The number of phenolic OH excluding ortho intramolecular Hbond substituents is 1. The highest BCUT2D eigenvalue weighted by atomic mass is 16.3. The molecule has 0 radical (unpaired) electrons. The first-order chi connectivity index (χ1) is 9.84. The molecule has 3 aromatic rings. The Balaban J connectivity index is 1.79. The minimum Gasteiger partial charge on any atom is -0.508 e. The molecule has 100 valence electrons. The standard InChI is InChI=1S/C17H16N2O/c20-17-6-5-14-3-1-2-4-15(14)16(17)12-19-11-13-7-9-18-10-8-13/h1-10,19-20H,11-12H2. The molecule has 0 fully saturated rings. The van der Waals surface area contributed by atoms with Gasteiger partial charge in [-0.15, -0.1) is 0 Å². The van der Waals surface area contributed by atoms with E-state index >= 15 is 0 Å². The van der Waals surface area contributed by atoms with Crippen molar-refractivity contribution in [1.82, 2.24) is 10.3 Å². The molecule has 0 unspecified atom stereocenters. The van der Waals surface area contributed by atoms with Gasteiger partial charge in [-0.2, -0.15) is 0 Å². The number of pyridine rings is 1. The highest BCUT2D eigenvalue weighted by Gasteiger charge is 2.06. The number of phenols is 1. The van der Waals surface area contributed by atoms with Crippen molar-refractivity contribution in [2.24, 2.45) is 0 Å². The van der Waals surface area contributed by atoms with Gasteiger partial charge < -0.3 is 10.4 Å². The van der Waals surface area contributed by atoms with Crippen LogP contribution in [0.5, 0.6) is 5.75 Å². The molecule has 0 aliphatic carbocycles. The molecule has 1 heterocycles. The van der Waals surface area contributed by atoms with E-state index < -0.39 is 0 Å². The van der Waals surface area contributed by atoms with Crippen molar-refractivity contribution >= 4 is 10.8 Å². The third kappa shape index (κ3) is 2.63. The largest absolute Gasteiger partial charge is 0.508 e. The minimum absolute atomic E-state index is 0.339. The van der Waals surface area contributed by atoms with E-state index in [1.807, 2.05) is 36.4 Å². The fourth-order valence-corrected chi connectivity index (χ4v) is 2.34. The molecule has 0 aliphatic rings. The number of aromatic hydroxyl groups is 1. The molecule has 0 saturated carbocycles. The highest BCUT2D eigenvalue weighted by Crippen LogP contribution is 2.26. The van der Waals surface area contributed by atoms with Gasteiger partial charge in [0.05, 0.1) is 0 Å². The Morgan fingerprint density at radius 3 is 2.55 bits per heavy atom. The fraction of sp³-hybridized carbons (Fsp3) is 0.118. The van der Waals surface area contributed by atoms with E-state index in [9.17, 15) is 5.11 Å². The second kappa shape index (κ2) is 5.72. The lowest BCUT2D eigenvalue weighted by molar-refractivity contribution is 0.466.